The van der Waals surface area contributed by atoms with Crippen LogP contribution in [0.3, 0.4) is 0 Å². The van der Waals surface area contributed by atoms with Crippen LogP contribution in [-0.4, -0.2) is 21.8 Å². The van der Waals surface area contributed by atoms with E-state index in [2.05, 4.69) is 4.98 Å². The van der Waals surface area contributed by atoms with Crippen LogP contribution >= 0.6 is 11.6 Å². The summed E-state index contributed by atoms with van der Waals surface area (Å²) in [5.41, 5.74) is 1.06. The van der Waals surface area contributed by atoms with Gasteiger partial charge in [0.15, 0.2) is 5.82 Å². The summed E-state index contributed by atoms with van der Waals surface area (Å²) in [5, 5.41) is 0.656. The Bertz CT molecular complexity index is 656. The van der Waals surface area contributed by atoms with Crippen molar-refractivity contribution in [1.29, 1.82) is 0 Å². The number of carbonyl (C=O) groups excluding carboxylic acids is 1. The maximum absolute atomic E-state index is 13.7. The summed E-state index contributed by atoms with van der Waals surface area (Å²) in [7, 11) is 0. The van der Waals surface area contributed by atoms with Crippen LogP contribution < -0.4 is 0 Å². The predicted molar refractivity (Wildman–Crippen MR) is 78.5 cm³/mol. The first-order chi connectivity index (χ1) is 10.1. The van der Waals surface area contributed by atoms with E-state index < -0.39 is 5.82 Å². The lowest BCUT2D eigenvalue weighted by Crippen LogP contribution is -2.33. The number of nitrogens with zero attached hydrogens (tertiary/aromatic N) is 2. The van der Waals surface area contributed by atoms with Gasteiger partial charge in [-0.2, -0.15) is 0 Å². The van der Waals surface area contributed by atoms with Crippen LogP contribution in [0.25, 0.3) is 0 Å². The van der Waals surface area contributed by atoms with Gasteiger partial charge in [-0.3, -0.25) is 9.78 Å². The highest BCUT2D eigenvalue weighted by molar-refractivity contribution is 6.30. The molecule has 2 aromatic rings. The Hall–Kier alpha value is -1.94. The van der Waals surface area contributed by atoms with Crippen molar-refractivity contribution < 1.29 is 9.18 Å². The Balaban J connectivity index is 1.83. The zero-order chi connectivity index (χ0) is 14.8. The second kappa shape index (κ2) is 5.82. The molecule has 1 heterocycles. The molecular formula is C16H14ClFN2O. The van der Waals surface area contributed by atoms with E-state index in [0.29, 0.717) is 11.6 Å². The Morgan fingerprint density at radius 2 is 2.00 bits per heavy atom. The molecular weight excluding hydrogens is 291 g/mol. The predicted octanol–water partition coefficient (Wildman–Crippen LogP) is 3.68. The third-order valence-corrected chi connectivity index (χ3v) is 3.77. The zero-order valence-corrected chi connectivity index (χ0v) is 12.1. The van der Waals surface area contributed by atoms with E-state index in [1.54, 1.807) is 17.0 Å². The number of aromatic nitrogens is 1. The van der Waals surface area contributed by atoms with Crippen LogP contribution in [0.1, 0.15) is 28.8 Å². The summed E-state index contributed by atoms with van der Waals surface area (Å²) in [5.74, 6) is -0.864. The third kappa shape index (κ3) is 3.22. The van der Waals surface area contributed by atoms with Crippen molar-refractivity contribution in [2.45, 2.75) is 25.4 Å². The average molecular weight is 305 g/mol. The van der Waals surface area contributed by atoms with Gasteiger partial charge < -0.3 is 4.90 Å². The van der Waals surface area contributed by atoms with Crippen LogP contribution in [0.4, 0.5) is 4.39 Å². The molecule has 108 valence electrons. The maximum atomic E-state index is 13.7. The molecule has 0 saturated heterocycles. The highest BCUT2D eigenvalue weighted by Gasteiger charge is 2.33. The number of rotatable bonds is 4. The smallest absolute Gasteiger partial charge is 0.257 e. The Morgan fingerprint density at radius 3 is 2.62 bits per heavy atom. The van der Waals surface area contributed by atoms with Crippen molar-refractivity contribution >= 4 is 17.5 Å². The van der Waals surface area contributed by atoms with E-state index in [9.17, 15) is 9.18 Å². The van der Waals surface area contributed by atoms with Gasteiger partial charge in [-0.05, 0) is 36.6 Å². The van der Waals surface area contributed by atoms with Crippen LogP contribution in [-0.2, 0) is 6.54 Å². The number of benzene rings is 1. The molecule has 0 bridgehead atoms. The number of halogens is 2. The molecule has 1 saturated carbocycles. The standard InChI is InChI=1S/C16H14ClFN2O/c17-12-3-1-11(2-4-12)10-20(13-5-6-13)16(21)14-7-8-19-9-15(14)18/h1-4,7-9,13H,5-6,10H2. The fourth-order valence-electron chi connectivity index (χ4n) is 2.24. The van der Waals surface area contributed by atoms with Gasteiger partial charge in [-0.1, -0.05) is 23.7 Å². The summed E-state index contributed by atoms with van der Waals surface area (Å²) in [6.45, 7) is 0.461. The lowest BCUT2D eigenvalue weighted by molar-refractivity contribution is 0.0725. The molecule has 0 unspecified atom stereocenters. The molecule has 0 N–H and O–H groups in total. The Kier molecular flexibility index (Phi) is 3.88. The first-order valence-electron chi connectivity index (χ1n) is 6.80. The number of hydrogen-bond acceptors (Lipinski definition) is 2. The molecule has 1 fully saturated rings. The molecule has 0 radical (unpaired) electrons. The van der Waals surface area contributed by atoms with Gasteiger partial charge in [0, 0.05) is 23.8 Å². The molecule has 3 rings (SSSR count). The van der Waals surface area contributed by atoms with Crippen LogP contribution in [0.15, 0.2) is 42.7 Å². The summed E-state index contributed by atoms with van der Waals surface area (Å²) >= 11 is 5.87. The van der Waals surface area contributed by atoms with Crippen molar-refractivity contribution in [1.82, 2.24) is 9.88 Å². The Morgan fingerprint density at radius 1 is 1.29 bits per heavy atom. The molecule has 1 aliphatic rings. The highest BCUT2D eigenvalue weighted by Crippen LogP contribution is 2.30. The molecule has 1 amide bonds. The third-order valence-electron chi connectivity index (χ3n) is 3.52. The SMILES string of the molecule is O=C(c1ccncc1F)N(Cc1ccc(Cl)cc1)C1CC1. The molecule has 1 aromatic carbocycles. The van der Waals surface area contributed by atoms with E-state index in [1.165, 1.54) is 12.3 Å². The summed E-state index contributed by atoms with van der Waals surface area (Å²) in [6, 6.07) is 8.97. The van der Waals surface area contributed by atoms with Crippen molar-refractivity contribution in [3.63, 3.8) is 0 Å². The van der Waals surface area contributed by atoms with Crippen molar-refractivity contribution in [3.8, 4) is 0 Å². The largest absolute Gasteiger partial charge is 0.331 e. The van der Waals surface area contributed by atoms with Gasteiger partial charge in [0.2, 0.25) is 0 Å². The fraction of sp³-hybridized carbons (Fsp3) is 0.250. The van der Waals surface area contributed by atoms with Crippen LogP contribution in [0.2, 0.25) is 5.02 Å². The number of amides is 1. The molecule has 0 aliphatic heterocycles. The first kappa shape index (κ1) is 14.0. The lowest BCUT2D eigenvalue weighted by atomic mass is 10.1. The second-order valence-electron chi connectivity index (χ2n) is 5.15. The first-order valence-corrected chi connectivity index (χ1v) is 7.18. The molecule has 0 atom stereocenters. The van der Waals surface area contributed by atoms with Crippen LogP contribution in [0.5, 0.6) is 0 Å². The van der Waals surface area contributed by atoms with E-state index in [1.807, 2.05) is 12.1 Å². The van der Waals surface area contributed by atoms with Crippen molar-refractivity contribution in [2.75, 3.05) is 0 Å². The summed E-state index contributed by atoms with van der Waals surface area (Å²) < 4.78 is 13.7. The van der Waals surface area contributed by atoms with E-state index >= 15 is 0 Å². The maximum Gasteiger partial charge on any atom is 0.257 e. The minimum Gasteiger partial charge on any atom is -0.331 e. The number of carbonyl (C=O) groups is 1. The van der Waals surface area contributed by atoms with Gasteiger partial charge >= 0.3 is 0 Å². The van der Waals surface area contributed by atoms with Crippen LogP contribution in [0, 0.1) is 5.82 Å². The summed E-state index contributed by atoms with van der Waals surface area (Å²) in [6.07, 6.45) is 4.43. The monoisotopic (exact) mass is 304 g/mol. The van der Waals surface area contributed by atoms with Gasteiger partial charge in [0.05, 0.1) is 11.8 Å². The van der Waals surface area contributed by atoms with Crippen molar-refractivity contribution in [2.24, 2.45) is 0 Å². The van der Waals surface area contributed by atoms with E-state index in [0.717, 1.165) is 24.6 Å². The highest BCUT2D eigenvalue weighted by atomic mass is 35.5. The van der Waals surface area contributed by atoms with E-state index in [4.69, 9.17) is 11.6 Å². The quantitative estimate of drug-likeness (QED) is 0.863. The van der Waals surface area contributed by atoms with Gasteiger partial charge in [-0.25, -0.2) is 4.39 Å². The minimum absolute atomic E-state index is 0.0749. The molecule has 21 heavy (non-hydrogen) atoms. The molecule has 1 aromatic heterocycles. The van der Waals surface area contributed by atoms with Gasteiger partial charge in [0.1, 0.15) is 0 Å². The second-order valence-corrected chi connectivity index (χ2v) is 5.58. The number of pyridine rings is 1. The number of hydrogen-bond donors (Lipinski definition) is 0. The van der Waals surface area contributed by atoms with Gasteiger partial charge in [0.25, 0.3) is 5.91 Å². The van der Waals surface area contributed by atoms with Crippen molar-refractivity contribution in [3.05, 3.63) is 64.7 Å². The normalized spacial score (nSPS) is 14.0. The summed E-state index contributed by atoms with van der Waals surface area (Å²) in [4.78, 5) is 18.0. The zero-order valence-electron chi connectivity index (χ0n) is 11.3. The topological polar surface area (TPSA) is 33.2 Å². The van der Waals surface area contributed by atoms with E-state index in [-0.39, 0.29) is 17.5 Å². The van der Waals surface area contributed by atoms with Gasteiger partial charge in [-0.15, -0.1) is 0 Å². The minimum atomic E-state index is -0.579. The molecule has 1 aliphatic carbocycles. The molecule has 5 heteroatoms. The Labute approximate surface area is 127 Å². The molecule has 0 spiro atoms. The average Bonchev–Trinajstić information content (AvgIpc) is 3.31. The fourth-order valence-corrected chi connectivity index (χ4v) is 2.37. The molecule has 3 nitrogen and oxygen atoms in total. The lowest BCUT2D eigenvalue weighted by Gasteiger charge is -2.23.